The molecule has 3 aromatic carbocycles. The van der Waals surface area contributed by atoms with Crippen molar-refractivity contribution in [3.8, 4) is 45.8 Å². The first-order chi connectivity index (χ1) is 17.5. The van der Waals surface area contributed by atoms with Gasteiger partial charge in [-0.05, 0) is 62.1 Å². The second-order valence-corrected chi connectivity index (χ2v) is 8.51. The van der Waals surface area contributed by atoms with Gasteiger partial charge in [-0.25, -0.2) is 14.4 Å². The topological polar surface area (TPSA) is 79.1 Å². The lowest BCUT2D eigenvalue weighted by Gasteiger charge is -2.16. The van der Waals surface area contributed by atoms with Crippen molar-refractivity contribution in [1.29, 1.82) is 0 Å². The van der Waals surface area contributed by atoms with Gasteiger partial charge in [-0.3, -0.25) is 0 Å². The van der Waals surface area contributed by atoms with E-state index in [-0.39, 0.29) is 23.3 Å². The second kappa shape index (κ2) is 9.97. The highest BCUT2D eigenvalue weighted by Gasteiger charge is 2.19. The molecule has 0 unspecified atom stereocenters. The molecule has 0 spiro atoms. The Balaban J connectivity index is 1.60. The number of benzene rings is 3. The summed E-state index contributed by atoms with van der Waals surface area (Å²) >= 11 is 0. The summed E-state index contributed by atoms with van der Waals surface area (Å²) < 4.78 is 20.2. The van der Waals surface area contributed by atoms with E-state index in [4.69, 9.17) is 4.74 Å². The van der Waals surface area contributed by atoms with Crippen molar-refractivity contribution >= 4 is 0 Å². The van der Waals surface area contributed by atoms with Gasteiger partial charge in [0.15, 0.2) is 0 Å². The summed E-state index contributed by atoms with van der Waals surface area (Å²) in [6.45, 7) is 0.781. The van der Waals surface area contributed by atoms with Crippen LogP contribution in [0.3, 0.4) is 0 Å². The maximum atomic E-state index is 13.6. The molecule has 0 N–H and O–H groups in total. The Kier molecular flexibility index (Phi) is 6.42. The van der Waals surface area contributed by atoms with Crippen molar-refractivity contribution in [2.24, 2.45) is 0 Å². The van der Waals surface area contributed by atoms with Gasteiger partial charge in [0.25, 0.3) is 0 Å². The lowest BCUT2D eigenvalue weighted by atomic mass is 10.1. The smallest absolute Gasteiger partial charge is 0.322 e. The molecule has 0 atom stereocenters. The normalized spacial score (nSPS) is 11.1. The summed E-state index contributed by atoms with van der Waals surface area (Å²) in [4.78, 5) is 15.4. The third kappa shape index (κ3) is 4.94. The zero-order valence-corrected chi connectivity index (χ0v) is 19.8. The molecule has 5 aromatic rings. The van der Waals surface area contributed by atoms with Crippen molar-refractivity contribution in [2.75, 3.05) is 14.1 Å². The summed E-state index contributed by atoms with van der Waals surface area (Å²) in [5.41, 5.74) is 3.34. The standard InChI is InChI=1S/C28H23FN5O2/c1-33(2)18-19-8-10-21(11-9-19)27-32-25(20-12-14-22(29)15-13-20)26(34(27)35)24-16-17-30-28(31-24)36-23-6-4-3-5-7-23/h3-17H,18H2,1-2H3/q-1. The summed E-state index contributed by atoms with van der Waals surface area (Å²) in [6.07, 6.45) is 1.53. The van der Waals surface area contributed by atoms with Gasteiger partial charge >= 0.3 is 6.01 Å². The third-order valence-electron chi connectivity index (χ3n) is 5.49. The van der Waals surface area contributed by atoms with Gasteiger partial charge in [0, 0.05) is 23.9 Å². The van der Waals surface area contributed by atoms with Crippen LogP contribution in [0.25, 0.3) is 34.0 Å². The Hall–Kier alpha value is -4.56. The summed E-state index contributed by atoms with van der Waals surface area (Å²) in [7, 11) is 3.99. The second-order valence-electron chi connectivity index (χ2n) is 8.51. The highest BCUT2D eigenvalue weighted by molar-refractivity contribution is 5.81. The number of imidazole rings is 1. The van der Waals surface area contributed by atoms with E-state index in [2.05, 4.69) is 19.9 Å². The fourth-order valence-electron chi connectivity index (χ4n) is 3.86. The fraction of sp³-hybridized carbons (Fsp3) is 0.107. The van der Waals surface area contributed by atoms with E-state index in [9.17, 15) is 9.60 Å². The van der Waals surface area contributed by atoms with E-state index < -0.39 is 0 Å². The SMILES string of the molecule is CN(C)Cc1ccc(-c2nc(-c3ccc(F)cc3)c(-c3ccnc(Oc4ccccc4)n3)n2[O-])cc1. The Morgan fingerprint density at radius 3 is 2.25 bits per heavy atom. The molecule has 0 aliphatic rings. The Morgan fingerprint density at radius 2 is 1.56 bits per heavy atom. The Morgan fingerprint density at radius 1 is 0.861 bits per heavy atom. The molecule has 2 aromatic heterocycles. The van der Waals surface area contributed by atoms with Crippen molar-refractivity contribution < 1.29 is 9.13 Å². The van der Waals surface area contributed by atoms with Gasteiger partial charge in [-0.1, -0.05) is 42.5 Å². The highest BCUT2D eigenvalue weighted by Crippen LogP contribution is 2.35. The van der Waals surface area contributed by atoms with Gasteiger partial charge < -0.3 is 19.6 Å². The number of halogens is 1. The number of ether oxygens (including phenoxy) is 1. The molecule has 0 amide bonds. The minimum atomic E-state index is -0.376. The lowest BCUT2D eigenvalue weighted by molar-refractivity contribution is 0.402. The molecular weight excluding hydrogens is 457 g/mol. The predicted molar refractivity (Wildman–Crippen MR) is 137 cm³/mol. The molecule has 0 aliphatic heterocycles. The maximum absolute atomic E-state index is 13.6. The molecule has 0 saturated carbocycles. The van der Waals surface area contributed by atoms with E-state index in [1.807, 2.05) is 56.6 Å². The quantitative estimate of drug-likeness (QED) is 0.284. The van der Waals surface area contributed by atoms with Crippen LogP contribution in [0, 0.1) is 11.0 Å². The zero-order valence-electron chi connectivity index (χ0n) is 19.8. The van der Waals surface area contributed by atoms with E-state index in [1.54, 1.807) is 30.3 Å². The fourth-order valence-corrected chi connectivity index (χ4v) is 3.86. The highest BCUT2D eigenvalue weighted by atomic mass is 19.1. The molecule has 7 nitrogen and oxygen atoms in total. The van der Waals surface area contributed by atoms with E-state index >= 15 is 0 Å². The van der Waals surface area contributed by atoms with Gasteiger partial charge in [0.1, 0.15) is 17.4 Å². The monoisotopic (exact) mass is 480 g/mol. The van der Waals surface area contributed by atoms with Crippen LogP contribution in [0.15, 0.2) is 91.1 Å². The minimum Gasteiger partial charge on any atom is -0.804 e. The van der Waals surface area contributed by atoms with Crippen LogP contribution in [-0.4, -0.2) is 38.7 Å². The van der Waals surface area contributed by atoms with Crippen molar-refractivity contribution in [1.82, 2.24) is 24.6 Å². The first-order valence-corrected chi connectivity index (χ1v) is 11.3. The molecule has 8 heteroatoms. The molecule has 0 fully saturated rings. The largest absolute Gasteiger partial charge is 0.804 e. The van der Waals surface area contributed by atoms with Gasteiger partial charge in [-0.2, -0.15) is 4.98 Å². The zero-order chi connectivity index (χ0) is 25.1. The lowest BCUT2D eigenvalue weighted by Crippen LogP contribution is -2.10. The summed E-state index contributed by atoms with van der Waals surface area (Å²) in [5.74, 6) is 0.423. The summed E-state index contributed by atoms with van der Waals surface area (Å²) in [5, 5.41) is 13.6. The van der Waals surface area contributed by atoms with Gasteiger partial charge in [-0.15, -0.1) is 0 Å². The third-order valence-corrected chi connectivity index (χ3v) is 5.49. The number of nitrogens with zero attached hydrogens (tertiary/aromatic N) is 5. The van der Waals surface area contributed by atoms with Gasteiger partial charge in [0.05, 0.1) is 17.1 Å². The molecule has 2 heterocycles. The minimum absolute atomic E-state index is 0.0968. The molecule has 0 radical (unpaired) electrons. The predicted octanol–water partition coefficient (Wildman–Crippen LogP) is 6.01. The van der Waals surface area contributed by atoms with Crippen LogP contribution in [0.4, 0.5) is 4.39 Å². The molecule has 180 valence electrons. The first kappa shape index (κ1) is 23.2. The average Bonchev–Trinajstić information content (AvgIpc) is 3.22. The Bertz CT molecular complexity index is 1470. The maximum Gasteiger partial charge on any atom is 0.322 e. The number of rotatable bonds is 7. The van der Waals surface area contributed by atoms with E-state index in [1.165, 1.54) is 18.3 Å². The number of aromatic nitrogens is 4. The first-order valence-electron chi connectivity index (χ1n) is 11.3. The van der Waals surface area contributed by atoms with Crippen LogP contribution in [0.2, 0.25) is 0 Å². The van der Waals surface area contributed by atoms with Crippen molar-refractivity contribution in [2.45, 2.75) is 6.54 Å². The van der Waals surface area contributed by atoms with Crippen LogP contribution in [0.5, 0.6) is 11.8 Å². The van der Waals surface area contributed by atoms with Crippen LogP contribution in [-0.2, 0) is 6.54 Å². The Labute approximate surface area is 208 Å². The van der Waals surface area contributed by atoms with Crippen LogP contribution in [0.1, 0.15) is 5.56 Å². The molecular formula is C28H23FN5O2-. The number of hydrogen-bond acceptors (Lipinski definition) is 6. The molecule has 0 saturated heterocycles. The van der Waals surface area contributed by atoms with Crippen molar-refractivity contribution in [3.05, 3.63) is 108 Å². The number of para-hydroxylation sites is 1. The molecule has 5 rings (SSSR count). The van der Waals surface area contributed by atoms with Gasteiger partial charge in [0.2, 0.25) is 0 Å². The van der Waals surface area contributed by atoms with Crippen LogP contribution >= 0.6 is 0 Å². The van der Waals surface area contributed by atoms with E-state index in [0.29, 0.717) is 28.3 Å². The average molecular weight is 481 g/mol. The molecule has 36 heavy (non-hydrogen) atoms. The van der Waals surface area contributed by atoms with Crippen LogP contribution < -0.4 is 4.74 Å². The molecule has 0 aliphatic carbocycles. The molecule has 0 bridgehead atoms. The summed E-state index contributed by atoms with van der Waals surface area (Å²) in [6, 6.07) is 24.4. The number of hydrogen-bond donors (Lipinski definition) is 0. The van der Waals surface area contributed by atoms with Crippen molar-refractivity contribution in [3.63, 3.8) is 0 Å². The van der Waals surface area contributed by atoms with E-state index in [0.717, 1.165) is 16.8 Å².